The zero-order valence-corrected chi connectivity index (χ0v) is 12.6. The number of carbonyl (C=O) groups is 1. The Bertz CT molecular complexity index is 932. The molecule has 0 aliphatic carbocycles. The third-order valence-corrected chi connectivity index (χ3v) is 4.08. The van der Waals surface area contributed by atoms with Gasteiger partial charge in [-0.05, 0) is 43.1 Å². The molecule has 8 heteroatoms. The van der Waals surface area contributed by atoms with Crippen LogP contribution < -0.4 is 5.32 Å². The van der Waals surface area contributed by atoms with Crippen LogP contribution in [0.15, 0.2) is 24.4 Å². The van der Waals surface area contributed by atoms with E-state index >= 15 is 0 Å². The standard InChI is InChI=1S/C14H11ClN6O/c1-14(2)8-4-3-7(5-9(8)17-12(14)22)21-11-10(19-20-21)6-16-13(15)18-11/h3-6H,1-2H3,(H,17,22). The minimum Gasteiger partial charge on any atom is -0.325 e. The van der Waals surface area contributed by atoms with Crippen molar-refractivity contribution in [3.63, 3.8) is 0 Å². The number of nitrogens with one attached hydrogen (secondary N) is 1. The fourth-order valence-electron chi connectivity index (χ4n) is 2.59. The number of aromatic nitrogens is 5. The summed E-state index contributed by atoms with van der Waals surface area (Å²) >= 11 is 5.84. The fraction of sp³-hybridized carbons (Fsp3) is 0.214. The number of fused-ring (bicyclic) bond motifs is 2. The Kier molecular flexibility index (Phi) is 2.53. The number of hydrogen-bond donors (Lipinski definition) is 1. The van der Waals surface area contributed by atoms with E-state index in [-0.39, 0.29) is 11.2 Å². The fourth-order valence-corrected chi connectivity index (χ4v) is 2.72. The molecule has 0 spiro atoms. The van der Waals surface area contributed by atoms with Gasteiger partial charge >= 0.3 is 0 Å². The number of carbonyl (C=O) groups excluding carboxylic acids is 1. The maximum Gasteiger partial charge on any atom is 0.234 e. The van der Waals surface area contributed by atoms with Gasteiger partial charge in [-0.3, -0.25) is 4.79 Å². The molecule has 0 radical (unpaired) electrons. The zero-order valence-electron chi connectivity index (χ0n) is 11.8. The molecular weight excluding hydrogens is 304 g/mol. The maximum atomic E-state index is 12.0. The molecule has 1 amide bonds. The Hall–Kier alpha value is -2.54. The highest BCUT2D eigenvalue weighted by molar-refractivity contribution is 6.28. The molecule has 0 bridgehead atoms. The molecule has 3 heterocycles. The lowest BCUT2D eigenvalue weighted by molar-refractivity contribution is -0.119. The van der Waals surface area contributed by atoms with E-state index < -0.39 is 5.41 Å². The molecule has 7 nitrogen and oxygen atoms in total. The van der Waals surface area contributed by atoms with Crippen LogP contribution in [0.1, 0.15) is 19.4 Å². The highest BCUT2D eigenvalue weighted by atomic mass is 35.5. The lowest BCUT2D eigenvalue weighted by Gasteiger charge is -2.14. The smallest absolute Gasteiger partial charge is 0.234 e. The van der Waals surface area contributed by atoms with Crippen LogP contribution in [-0.4, -0.2) is 30.9 Å². The molecule has 0 saturated carbocycles. The summed E-state index contributed by atoms with van der Waals surface area (Å²) in [6.07, 6.45) is 1.52. The number of amides is 1. The van der Waals surface area contributed by atoms with Crippen molar-refractivity contribution < 1.29 is 4.79 Å². The van der Waals surface area contributed by atoms with E-state index in [1.165, 1.54) is 6.20 Å². The number of anilines is 1. The SMILES string of the molecule is CC1(C)C(=O)Nc2cc(-n3nnc4cnc(Cl)nc43)ccc21. The van der Waals surface area contributed by atoms with Crippen molar-refractivity contribution in [3.8, 4) is 5.69 Å². The van der Waals surface area contributed by atoms with Crippen molar-refractivity contribution in [2.45, 2.75) is 19.3 Å². The number of rotatable bonds is 1. The van der Waals surface area contributed by atoms with Gasteiger partial charge in [0.2, 0.25) is 11.2 Å². The van der Waals surface area contributed by atoms with Crippen LogP contribution in [0.5, 0.6) is 0 Å². The van der Waals surface area contributed by atoms with Gasteiger partial charge in [-0.15, -0.1) is 5.10 Å². The van der Waals surface area contributed by atoms with Gasteiger partial charge < -0.3 is 5.32 Å². The van der Waals surface area contributed by atoms with Crippen LogP contribution in [0.2, 0.25) is 5.28 Å². The van der Waals surface area contributed by atoms with E-state index in [0.29, 0.717) is 11.2 Å². The maximum absolute atomic E-state index is 12.0. The van der Waals surface area contributed by atoms with Gasteiger partial charge in [0, 0.05) is 5.69 Å². The molecule has 0 atom stereocenters. The summed E-state index contributed by atoms with van der Waals surface area (Å²) in [6, 6.07) is 5.65. The summed E-state index contributed by atoms with van der Waals surface area (Å²) in [5.74, 6) is -0.0199. The molecule has 1 aliphatic rings. The summed E-state index contributed by atoms with van der Waals surface area (Å²) in [6.45, 7) is 3.79. The molecule has 0 unspecified atom stereocenters. The van der Waals surface area contributed by atoms with Crippen molar-refractivity contribution >= 4 is 34.4 Å². The van der Waals surface area contributed by atoms with Crippen LogP contribution in [0, 0.1) is 0 Å². The molecule has 4 rings (SSSR count). The molecule has 3 aromatic rings. The van der Waals surface area contributed by atoms with Gasteiger partial charge in [-0.1, -0.05) is 11.3 Å². The van der Waals surface area contributed by atoms with Crippen molar-refractivity contribution in [1.82, 2.24) is 25.0 Å². The van der Waals surface area contributed by atoms with E-state index in [9.17, 15) is 4.79 Å². The first-order valence-corrected chi connectivity index (χ1v) is 7.05. The second kappa shape index (κ2) is 4.23. The van der Waals surface area contributed by atoms with Gasteiger partial charge in [0.05, 0.1) is 17.3 Å². The first kappa shape index (κ1) is 13.1. The topological polar surface area (TPSA) is 85.6 Å². The van der Waals surface area contributed by atoms with Crippen LogP contribution in [0.3, 0.4) is 0 Å². The van der Waals surface area contributed by atoms with Gasteiger partial charge in [0.15, 0.2) is 11.2 Å². The van der Waals surface area contributed by atoms with Gasteiger partial charge in [0.25, 0.3) is 0 Å². The summed E-state index contributed by atoms with van der Waals surface area (Å²) in [5.41, 5.74) is 3.01. The molecule has 22 heavy (non-hydrogen) atoms. The Morgan fingerprint density at radius 1 is 1.32 bits per heavy atom. The molecule has 2 aromatic heterocycles. The lowest BCUT2D eigenvalue weighted by atomic mass is 9.86. The van der Waals surface area contributed by atoms with Gasteiger partial charge in [-0.2, -0.15) is 9.67 Å². The Morgan fingerprint density at radius 3 is 2.95 bits per heavy atom. The van der Waals surface area contributed by atoms with Gasteiger partial charge in [-0.25, -0.2) is 4.98 Å². The van der Waals surface area contributed by atoms with E-state index in [0.717, 1.165) is 16.9 Å². The van der Waals surface area contributed by atoms with Crippen molar-refractivity contribution in [3.05, 3.63) is 35.2 Å². The molecular formula is C14H11ClN6O. The van der Waals surface area contributed by atoms with Crippen molar-refractivity contribution in [1.29, 1.82) is 0 Å². The summed E-state index contributed by atoms with van der Waals surface area (Å²) < 4.78 is 1.57. The Labute approximate surface area is 130 Å². The molecule has 0 fully saturated rings. The first-order chi connectivity index (χ1) is 10.5. The Balaban J connectivity index is 1.89. The Morgan fingerprint density at radius 2 is 2.14 bits per heavy atom. The van der Waals surface area contributed by atoms with E-state index in [1.807, 2.05) is 32.0 Å². The average Bonchev–Trinajstić information content (AvgIpc) is 2.98. The highest BCUT2D eigenvalue weighted by Gasteiger charge is 2.38. The second-order valence-corrected chi connectivity index (χ2v) is 6.00. The number of halogens is 1. The second-order valence-electron chi connectivity index (χ2n) is 5.66. The molecule has 110 valence electrons. The third-order valence-electron chi connectivity index (χ3n) is 3.90. The normalized spacial score (nSPS) is 15.9. The molecule has 1 N–H and O–H groups in total. The van der Waals surface area contributed by atoms with Crippen LogP contribution in [0.4, 0.5) is 5.69 Å². The first-order valence-electron chi connectivity index (χ1n) is 6.67. The number of nitrogens with zero attached hydrogens (tertiary/aromatic N) is 5. The van der Waals surface area contributed by atoms with Crippen LogP contribution in [0.25, 0.3) is 16.9 Å². The van der Waals surface area contributed by atoms with E-state index in [2.05, 4.69) is 25.6 Å². The van der Waals surface area contributed by atoms with E-state index in [1.54, 1.807) is 4.68 Å². The zero-order chi connectivity index (χ0) is 15.5. The largest absolute Gasteiger partial charge is 0.325 e. The third kappa shape index (κ3) is 1.72. The monoisotopic (exact) mass is 314 g/mol. The lowest BCUT2D eigenvalue weighted by Crippen LogP contribution is -2.26. The minimum absolute atomic E-state index is 0.0199. The highest BCUT2D eigenvalue weighted by Crippen LogP contribution is 2.38. The minimum atomic E-state index is -0.538. The van der Waals surface area contributed by atoms with Crippen molar-refractivity contribution in [2.24, 2.45) is 0 Å². The van der Waals surface area contributed by atoms with Crippen LogP contribution in [-0.2, 0) is 10.2 Å². The number of benzene rings is 1. The van der Waals surface area contributed by atoms with Crippen LogP contribution >= 0.6 is 11.6 Å². The van der Waals surface area contributed by atoms with E-state index in [4.69, 9.17) is 11.6 Å². The number of hydrogen-bond acceptors (Lipinski definition) is 5. The van der Waals surface area contributed by atoms with Gasteiger partial charge in [0.1, 0.15) is 0 Å². The van der Waals surface area contributed by atoms with Crippen molar-refractivity contribution in [2.75, 3.05) is 5.32 Å². The molecule has 0 saturated heterocycles. The predicted molar refractivity (Wildman–Crippen MR) is 81.1 cm³/mol. The quantitative estimate of drug-likeness (QED) is 0.695. The predicted octanol–water partition coefficient (Wildman–Crippen LogP) is 2.09. The summed E-state index contributed by atoms with van der Waals surface area (Å²) in [7, 11) is 0. The summed E-state index contributed by atoms with van der Waals surface area (Å²) in [5, 5.41) is 11.1. The molecule has 1 aromatic carbocycles. The summed E-state index contributed by atoms with van der Waals surface area (Å²) in [4.78, 5) is 20.1. The average molecular weight is 315 g/mol. The molecule has 1 aliphatic heterocycles.